The Kier molecular flexibility index (Phi) is 3.90. The van der Waals surface area contributed by atoms with Crippen molar-refractivity contribution in [2.75, 3.05) is 5.73 Å². The highest BCUT2D eigenvalue weighted by atomic mass is 15.0. The highest BCUT2D eigenvalue weighted by molar-refractivity contribution is 5.80. The second-order valence-corrected chi connectivity index (χ2v) is 4.31. The van der Waals surface area contributed by atoms with Crippen LogP contribution >= 0.6 is 0 Å². The van der Waals surface area contributed by atoms with Gasteiger partial charge in [0.1, 0.15) is 17.7 Å². The Balaban J connectivity index is 1.93. The summed E-state index contributed by atoms with van der Waals surface area (Å²) < 4.78 is 0. The Labute approximate surface area is 101 Å². The third-order valence-corrected chi connectivity index (χ3v) is 2.88. The number of H-pyrrole nitrogens is 1. The molecule has 0 bridgehead atoms. The zero-order valence-corrected chi connectivity index (χ0v) is 10.2. The van der Waals surface area contributed by atoms with Crippen LogP contribution in [-0.2, 0) is 6.42 Å². The summed E-state index contributed by atoms with van der Waals surface area (Å²) in [4.78, 5) is 15.6. The van der Waals surface area contributed by atoms with Gasteiger partial charge < -0.3 is 10.7 Å². The normalized spacial score (nSPS) is 11.1. The Hall–Kier alpha value is -1.65. The second kappa shape index (κ2) is 5.61. The predicted octanol–water partition coefficient (Wildman–Crippen LogP) is 2.45. The fourth-order valence-corrected chi connectivity index (χ4v) is 1.91. The van der Waals surface area contributed by atoms with E-state index >= 15 is 0 Å². The number of hydrogen-bond acceptors (Lipinski definition) is 4. The van der Waals surface area contributed by atoms with Crippen LogP contribution in [0.4, 0.5) is 5.82 Å². The predicted molar refractivity (Wildman–Crippen MR) is 68.6 cm³/mol. The molecule has 0 radical (unpaired) electrons. The van der Waals surface area contributed by atoms with Crippen LogP contribution < -0.4 is 5.73 Å². The van der Waals surface area contributed by atoms with Crippen molar-refractivity contribution in [3.05, 3.63) is 12.2 Å². The number of anilines is 1. The van der Waals surface area contributed by atoms with Gasteiger partial charge >= 0.3 is 0 Å². The number of unbranched alkanes of at least 4 members (excludes halogenated alkanes) is 4. The number of nitrogens with zero attached hydrogens (tertiary/aromatic N) is 3. The lowest BCUT2D eigenvalue weighted by Gasteiger charge is -1.97. The largest absolute Gasteiger partial charge is 0.382 e. The minimum absolute atomic E-state index is 0.472. The number of rotatable bonds is 6. The first-order chi connectivity index (χ1) is 8.31. The van der Waals surface area contributed by atoms with Gasteiger partial charge in [-0.2, -0.15) is 0 Å². The molecule has 0 unspecified atom stereocenters. The van der Waals surface area contributed by atoms with Crippen LogP contribution in [0.1, 0.15) is 44.9 Å². The molecule has 2 heterocycles. The van der Waals surface area contributed by atoms with Crippen molar-refractivity contribution in [3.63, 3.8) is 0 Å². The molecular formula is C12H19N5. The van der Waals surface area contributed by atoms with Gasteiger partial charge in [0.2, 0.25) is 0 Å². The first-order valence-electron chi connectivity index (χ1n) is 6.26. The SMILES string of the molecule is CCCCCCCc1nc2ncnc(N)c2[nH]1. The van der Waals surface area contributed by atoms with Crippen LogP contribution in [0.25, 0.3) is 11.2 Å². The monoisotopic (exact) mass is 233 g/mol. The minimum Gasteiger partial charge on any atom is -0.382 e. The number of aromatic amines is 1. The lowest BCUT2D eigenvalue weighted by molar-refractivity contribution is 0.625. The highest BCUT2D eigenvalue weighted by Gasteiger charge is 2.06. The van der Waals surface area contributed by atoms with Crippen molar-refractivity contribution in [2.45, 2.75) is 45.4 Å². The molecule has 0 aliphatic rings. The quantitative estimate of drug-likeness (QED) is 0.751. The maximum absolute atomic E-state index is 5.74. The molecule has 0 saturated carbocycles. The van der Waals surface area contributed by atoms with Crippen molar-refractivity contribution >= 4 is 17.0 Å². The van der Waals surface area contributed by atoms with E-state index < -0.39 is 0 Å². The Morgan fingerprint density at radius 1 is 1.18 bits per heavy atom. The van der Waals surface area contributed by atoms with Crippen molar-refractivity contribution < 1.29 is 0 Å². The number of nitrogens with two attached hydrogens (primary N) is 1. The summed E-state index contributed by atoms with van der Waals surface area (Å²) in [7, 11) is 0. The van der Waals surface area contributed by atoms with Crippen LogP contribution in [0.2, 0.25) is 0 Å². The number of aromatic nitrogens is 4. The Morgan fingerprint density at radius 3 is 2.76 bits per heavy atom. The summed E-state index contributed by atoms with van der Waals surface area (Å²) in [6.07, 6.45) is 8.72. The number of hydrogen-bond donors (Lipinski definition) is 2. The Bertz CT molecular complexity index is 477. The van der Waals surface area contributed by atoms with Crippen LogP contribution in [0.15, 0.2) is 6.33 Å². The molecule has 3 N–H and O–H groups in total. The fourth-order valence-electron chi connectivity index (χ4n) is 1.91. The van der Waals surface area contributed by atoms with Gasteiger partial charge in [0, 0.05) is 6.42 Å². The van der Waals surface area contributed by atoms with E-state index in [1.807, 2.05) is 0 Å². The molecule has 92 valence electrons. The van der Waals surface area contributed by atoms with Gasteiger partial charge in [-0.15, -0.1) is 0 Å². The molecule has 17 heavy (non-hydrogen) atoms. The van der Waals surface area contributed by atoms with E-state index in [0.717, 1.165) is 24.2 Å². The van der Waals surface area contributed by atoms with Gasteiger partial charge in [-0.25, -0.2) is 15.0 Å². The number of nitrogen functional groups attached to an aromatic ring is 1. The molecule has 2 aromatic heterocycles. The molecule has 0 fully saturated rings. The lowest BCUT2D eigenvalue weighted by Crippen LogP contribution is -1.92. The van der Waals surface area contributed by atoms with E-state index in [2.05, 4.69) is 26.9 Å². The molecule has 2 aromatic rings. The molecule has 0 saturated heterocycles. The van der Waals surface area contributed by atoms with E-state index in [0.29, 0.717) is 11.5 Å². The first kappa shape index (κ1) is 11.8. The summed E-state index contributed by atoms with van der Waals surface area (Å²) in [6.45, 7) is 2.22. The van der Waals surface area contributed by atoms with Crippen LogP contribution in [0.3, 0.4) is 0 Å². The third kappa shape index (κ3) is 2.93. The van der Waals surface area contributed by atoms with Gasteiger partial charge in [0.25, 0.3) is 0 Å². The van der Waals surface area contributed by atoms with Gasteiger partial charge in [-0.3, -0.25) is 0 Å². The van der Waals surface area contributed by atoms with E-state index in [4.69, 9.17) is 5.73 Å². The zero-order valence-electron chi connectivity index (χ0n) is 10.2. The zero-order chi connectivity index (χ0) is 12.1. The van der Waals surface area contributed by atoms with Crippen LogP contribution in [0.5, 0.6) is 0 Å². The molecule has 0 aliphatic heterocycles. The van der Waals surface area contributed by atoms with Crippen molar-refractivity contribution in [2.24, 2.45) is 0 Å². The Morgan fingerprint density at radius 2 is 2.00 bits per heavy atom. The molecule has 2 rings (SSSR count). The number of nitrogens with one attached hydrogen (secondary N) is 1. The van der Waals surface area contributed by atoms with E-state index in [1.165, 1.54) is 32.0 Å². The van der Waals surface area contributed by atoms with Crippen molar-refractivity contribution in [1.82, 2.24) is 19.9 Å². The molecule has 0 aliphatic carbocycles. The summed E-state index contributed by atoms with van der Waals surface area (Å²) in [5.41, 5.74) is 7.17. The molecule has 5 nitrogen and oxygen atoms in total. The average molecular weight is 233 g/mol. The maximum atomic E-state index is 5.74. The standard InChI is InChI=1S/C12H19N5/c1-2-3-4-5-6-7-9-16-10-11(13)14-8-15-12(10)17-9/h8H,2-7H2,1H3,(H3,13,14,15,16,17). The summed E-state index contributed by atoms with van der Waals surface area (Å²) in [5.74, 6) is 1.43. The summed E-state index contributed by atoms with van der Waals surface area (Å²) >= 11 is 0. The summed E-state index contributed by atoms with van der Waals surface area (Å²) in [5, 5.41) is 0. The molecule has 0 aromatic carbocycles. The van der Waals surface area contributed by atoms with Gasteiger partial charge in [-0.05, 0) is 6.42 Å². The number of imidazole rings is 1. The van der Waals surface area contributed by atoms with Gasteiger partial charge in [-0.1, -0.05) is 32.6 Å². The average Bonchev–Trinajstić information content (AvgIpc) is 2.73. The van der Waals surface area contributed by atoms with Gasteiger partial charge in [0.15, 0.2) is 11.5 Å². The minimum atomic E-state index is 0.472. The van der Waals surface area contributed by atoms with E-state index in [9.17, 15) is 0 Å². The molecule has 5 heteroatoms. The lowest BCUT2D eigenvalue weighted by atomic mass is 10.1. The third-order valence-electron chi connectivity index (χ3n) is 2.88. The van der Waals surface area contributed by atoms with E-state index in [-0.39, 0.29) is 0 Å². The van der Waals surface area contributed by atoms with Gasteiger partial charge in [0.05, 0.1) is 0 Å². The maximum Gasteiger partial charge on any atom is 0.183 e. The molecular weight excluding hydrogens is 214 g/mol. The molecule has 0 amide bonds. The smallest absolute Gasteiger partial charge is 0.183 e. The first-order valence-corrected chi connectivity index (χ1v) is 6.26. The molecule has 0 spiro atoms. The fraction of sp³-hybridized carbons (Fsp3) is 0.583. The highest BCUT2D eigenvalue weighted by Crippen LogP contribution is 2.14. The number of aryl methyl sites for hydroxylation is 1. The van der Waals surface area contributed by atoms with Crippen LogP contribution in [0, 0.1) is 0 Å². The van der Waals surface area contributed by atoms with Crippen molar-refractivity contribution in [3.8, 4) is 0 Å². The second-order valence-electron chi connectivity index (χ2n) is 4.31. The topological polar surface area (TPSA) is 80.5 Å². The number of fused-ring (bicyclic) bond motifs is 1. The van der Waals surface area contributed by atoms with E-state index in [1.54, 1.807) is 0 Å². The van der Waals surface area contributed by atoms with Crippen LogP contribution in [-0.4, -0.2) is 19.9 Å². The van der Waals surface area contributed by atoms with Crippen molar-refractivity contribution in [1.29, 1.82) is 0 Å². The molecule has 0 atom stereocenters. The summed E-state index contributed by atoms with van der Waals surface area (Å²) in [6, 6.07) is 0.